The van der Waals surface area contributed by atoms with E-state index in [-0.39, 0.29) is 18.6 Å². The van der Waals surface area contributed by atoms with E-state index in [1.54, 1.807) is 6.20 Å². The van der Waals surface area contributed by atoms with Gasteiger partial charge in [0, 0.05) is 12.2 Å². The van der Waals surface area contributed by atoms with Crippen molar-refractivity contribution in [2.24, 2.45) is 0 Å². The van der Waals surface area contributed by atoms with E-state index < -0.39 is 0 Å². The molecule has 1 atom stereocenters. The molecule has 0 amide bonds. The van der Waals surface area contributed by atoms with Crippen LogP contribution in [0.1, 0.15) is 18.7 Å². The van der Waals surface area contributed by atoms with Gasteiger partial charge in [-0.15, -0.1) is 0 Å². The molecule has 1 heterocycles. The summed E-state index contributed by atoms with van der Waals surface area (Å²) in [5, 5.41) is 3.01. The van der Waals surface area contributed by atoms with Gasteiger partial charge in [0.2, 0.25) is 0 Å². The summed E-state index contributed by atoms with van der Waals surface area (Å²) in [4.78, 5) is 15.0. The fourth-order valence-corrected chi connectivity index (χ4v) is 1.05. The summed E-state index contributed by atoms with van der Waals surface area (Å²) in [6, 6.07) is 5.74. The Morgan fingerprint density at radius 3 is 3.00 bits per heavy atom. The van der Waals surface area contributed by atoms with Gasteiger partial charge in [0.1, 0.15) is 0 Å². The maximum Gasteiger partial charge on any atom is 0.319 e. The van der Waals surface area contributed by atoms with Gasteiger partial charge in [-0.25, -0.2) is 0 Å². The number of hydrogen-bond donors (Lipinski definition) is 1. The number of nitrogens with zero attached hydrogens (tertiary/aromatic N) is 1. The van der Waals surface area contributed by atoms with E-state index in [9.17, 15) is 4.79 Å². The number of carbonyl (C=O) groups is 1. The summed E-state index contributed by atoms with van der Waals surface area (Å²) in [5.41, 5.74) is 0.913. The van der Waals surface area contributed by atoms with Gasteiger partial charge in [-0.1, -0.05) is 6.07 Å². The molecule has 4 heteroatoms. The number of esters is 1. The maximum atomic E-state index is 10.8. The molecule has 0 fully saturated rings. The van der Waals surface area contributed by atoms with Crippen molar-refractivity contribution in [2.45, 2.75) is 13.0 Å². The van der Waals surface area contributed by atoms with E-state index in [0.717, 1.165) is 5.69 Å². The van der Waals surface area contributed by atoms with Crippen molar-refractivity contribution in [3.63, 3.8) is 0 Å². The second-order valence-corrected chi connectivity index (χ2v) is 2.93. The molecule has 1 aromatic heterocycles. The van der Waals surface area contributed by atoms with Gasteiger partial charge >= 0.3 is 5.97 Å². The standard InChI is InChI=1S/C10H14N2O2/c1-8(12-7-10(13)14-2)9-5-3-4-6-11-9/h3-6,8,12H,7H2,1-2H3. The maximum absolute atomic E-state index is 10.8. The first kappa shape index (κ1) is 10.7. The van der Waals surface area contributed by atoms with Crippen LogP contribution in [-0.4, -0.2) is 24.6 Å². The molecule has 0 aliphatic rings. The Hall–Kier alpha value is -1.42. The van der Waals surface area contributed by atoms with Crippen LogP contribution in [0.2, 0.25) is 0 Å². The van der Waals surface area contributed by atoms with Crippen LogP contribution in [0.25, 0.3) is 0 Å². The highest BCUT2D eigenvalue weighted by atomic mass is 16.5. The van der Waals surface area contributed by atoms with Crippen LogP contribution in [0.5, 0.6) is 0 Å². The third-order valence-electron chi connectivity index (χ3n) is 1.91. The molecule has 0 aromatic carbocycles. The van der Waals surface area contributed by atoms with Crippen LogP contribution in [0, 0.1) is 0 Å². The van der Waals surface area contributed by atoms with Gasteiger partial charge in [0.15, 0.2) is 0 Å². The summed E-state index contributed by atoms with van der Waals surface area (Å²) in [6.07, 6.45) is 1.73. The van der Waals surface area contributed by atoms with E-state index in [1.807, 2.05) is 25.1 Å². The zero-order valence-corrected chi connectivity index (χ0v) is 8.36. The average molecular weight is 194 g/mol. The third kappa shape index (κ3) is 3.14. The monoisotopic (exact) mass is 194 g/mol. The lowest BCUT2D eigenvalue weighted by molar-refractivity contribution is -0.139. The SMILES string of the molecule is COC(=O)CNC(C)c1ccccn1. The predicted octanol–water partition coefficient (Wildman–Crippen LogP) is 0.905. The molecule has 0 spiro atoms. The molecule has 0 aliphatic heterocycles. The first-order valence-corrected chi connectivity index (χ1v) is 4.45. The highest BCUT2D eigenvalue weighted by Gasteiger charge is 2.07. The Morgan fingerprint density at radius 1 is 1.64 bits per heavy atom. The van der Waals surface area contributed by atoms with E-state index in [2.05, 4.69) is 15.0 Å². The number of aromatic nitrogens is 1. The Balaban J connectivity index is 2.43. The molecule has 1 N–H and O–H groups in total. The lowest BCUT2D eigenvalue weighted by atomic mass is 10.2. The number of ether oxygens (including phenoxy) is 1. The lowest BCUT2D eigenvalue weighted by Gasteiger charge is -2.11. The largest absolute Gasteiger partial charge is 0.468 e. The molecule has 0 saturated carbocycles. The fourth-order valence-electron chi connectivity index (χ4n) is 1.05. The molecule has 1 rings (SSSR count). The van der Waals surface area contributed by atoms with E-state index >= 15 is 0 Å². The lowest BCUT2D eigenvalue weighted by Crippen LogP contribution is -2.27. The number of carbonyl (C=O) groups excluding carboxylic acids is 1. The Bertz CT molecular complexity index is 287. The summed E-state index contributed by atoms with van der Waals surface area (Å²) in [7, 11) is 1.37. The molecule has 14 heavy (non-hydrogen) atoms. The van der Waals surface area contributed by atoms with Crippen molar-refractivity contribution < 1.29 is 9.53 Å². The molecule has 1 unspecified atom stereocenters. The van der Waals surface area contributed by atoms with Crippen molar-refractivity contribution in [3.8, 4) is 0 Å². The second-order valence-electron chi connectivity index (χ2n) is 2.93. The van der Waals surface area contributed by atoms with Gasteiger partial charge in [-0.2, -0.15) is 0 Å². The molecule has 0 saturated heterocycles. The molecule has 0 bridgehead atoms. The summed E-state index contributed by atoms with van der Waals surface area (Å²) < 4.78 is 4.51. The van der Waals surface area contributed by atoms with Gasteiger partial charge < -0.3 is 4.74 Å². The molecule has 4 nitrogen and oxygen atoms in total. The molecule has 0 radical (unpaired) electrons. The minimum absolute atomic E-state index is 0.0512. The topological polar surface area (TPSA) is 51.2 Å². The summed E-state index contributed by atoms with van der Waals surface area (Å²) in [5.74, 6) is -0.271. The van der Waals surface area contributed by atoms with Gasteiger partial charge in [-0.05, 0) is 19.1 Å². The van der Waals surface area contributed by atoms with E-state index in [1.165, 1.54) is 7.11 Å². The first-order chi connectivity index (χ1) is 6.74. The van der Waals surface area contributed by atoms with Crippen LogP contribution in [0.15, 0.2) is 24.4 Å². The molecule has 0 aliphatic carbocycles. The van der Waals surface area contributed by atoms with Gasteiger partial charge in [0.05, 0.1) is 19.3 Å². The average Bonchev–Trinajstić information content (AvgIpc) is 2.26. The molecular weight excluding hydrogens is 180 g/mol. The van der Waals surface area contributed by atoms with Crippen molar-refractivity contribution in [1.29, 1.82) is 0 Å². The summed E-state index contributed by atoms with van der Waals surface area (Å²) in [6.45, 7) is 2.15. The summed E-state index contributed by atoms with van der Waals surface area (Å²) >= 11 is 0. The smallest absolute Gasteiger partial charge is 0.319 e. The van der Waals surface area contributed by atoms with E-state index in [0.29, 0.717) is 0 Å². The Labute approximate surface area is 83.3 Å². The second kappa shape index (κ2) is 5.34. The number of hydrogen-bond acceptors (Lipinski definition) is 4. The minimum atomic E-state index is -0.271. The Morgan fingerprint density at radius 2 is 2.43 bits per heavy atom. The highest BCUT2D eigenvalue weighted by Crippen LogP contribution is 2.06. The van der Waals surface area contributed by atoms with Crippen molar-refractivity contribution >= 4 is 5.97 Å². The van der Waals surface area contributed by atoms with Crippen LogP contribution in [-0.2, 0) is 9.53 Å². The predicted molar refractivity (Wildman–Crippen MR) is 52.7 cm³/mol. The van der Waals surface area contributed by atoms with Crippen LogP contribution in [0.3, 0.4) is 0 Å². The number of methoxy groups -OCH3 is 1. The van der Waals surface area contributed by atoms with Gasteiger partial charge in [-0.3, -0.25) is 15.1 Å². The Kier molecular flexibility index (Phi) is 4.07. The van der Waals surface area contributed by atoms with Crippen molar-refractivity contribution in [3.05, 3.63) is 30.1 Å². The number of pyridine rings is 1. The quantitative estimate of drug-likeness (QED) is 0.724. The van der Waals surface area contributed by atoms with Crippen LogP contribution < -0.4 is 5.32 Å². The highest BCUT2D eigenvalue weighted by molar-refractivity contribution is 5.71. The van der Waals surface area contributed by atoms with Crippen LogP contribution in [0.4, 0.5) is 0 Å². The molecule has 1 aromatic rings. The number of rotatable bonds is 4. The third-order valence-corrected chi connectivity index (χ3v) is 1.91. The first-order valence-electron chi connectivity index (χ1n) is 4.45. The zero-order chi connectivity index (χ0) is 10.4. The normalized spacial score (nSPS) is 12.1. The fraction of sp³-hybridized carbons (Fsp3) is 0.400. The minimum Gasteiger partial charge on any atom is -0.468 e. The zero-order valence-electron chi connectivity index (χ0n) is 8.36. The van der Waals surface area contributed by atoms with E-state index in [4.69, 9.17) is 0 Å². The van der Waals surface area contributed by atoms with Gasteiger partial charge in [0.25, 0.3) is 0 Å². The van der Waals surface area contributed by atoms with Crippen molar-refractivity contribution in [2.75, 3.05) is 13.7 Å². The van der Waals surface area contributed by atoms with Crippen molar-refractivity contribution in [1.82, 2.24) is 10.3 Å². The van der Waals surface area contributed by atoms with Crippen LogP contribution >= 0.6 is 0 Å². The number of nitrogens with one attached hydrogen (secondary N) is 1. The molecular formula is C10H14N2O2. The molecule has 76 valence electrons.